The van der Waals surface area contributed by atoms with Crippen LogP contribution in [0.3, 0.4) is 0 Å². The van der Waals surface area contributed by atoms with Crippen LogP contribution in [-0.2, 0) is 20.7 Å². The Balaban J connectivity index is 2.42. The summed E-state index contributed by atoms with van der Waals surface area (Å²) < 4.78 is 9.70. The number of benzene rings is 1. The first-order chi connectivity index (χ1) is 7.67. The summed E-state index contributed by atoms with van der Waals surface area (Å²) in [6.07, 6.45) is 0.270. The van der Waals surface area contributed by atoms with Crippen LogP contribution >= 0.6 is 0 Å². The van der Waals surface area contributed by atoms with Crippen LogP contribution in [0.1, 0.15) is 17.0 Å². The van der Waals surface area contributed by atoms with E-state index in [9.17, 15) is 9.59 Å². The highest BCUT2D eigenvalue weighted by Gasteiger charge is 2.37. The number of Topliss-reactive ketones (excluding diaryl/α,β-unsaturated/α-hetero) is 1. The van der Waals surface area contributed by atoms with Crippen LogP contribution in [0.4, 0.5) is 0 Å². The summed E-state index contributed by atoms with van der Waals surface area (Å²) >= 11 is 0. The van der Waals surface area contributed by atoms with Gasteiger partial charge in [0, 0.05) is 6.42 Å². The van der Waals surface area contributed by atoms with Crippen LogP contribution in [0.5, 0.6) is 5.75 Å². The molecule has 84 valence electrons. The monoisotopic (exact) mass is 220 g/mol. The Morgan fingerprint density at radius 3 is 2.75 bits per heavy atom. The van der Waals surface area contributed by atoms with Crippen molar-refractivity contribution in [2.45, 2.75) is 12.3 Å². The van der Waals surface area contributed by atoms with Gasteiger partial charge < -0.3 is 9.47 Å². The molecule has 0 fully saturated rings. The molecule has 0 N–H and O–H groups in total. The number of ether oxygens (including phenoxy) is 2. The normalized spacial score (nSPS) is 18.1. The number of rotatable bonds is 2. The fourth-order valence-corrected chi connectivity index (χ4v) is 1.98. The lowest BCUT2D eigenvalue weighted by Gasteiger charge is -2.08. The summed E-state index contributed by atoms with van der Waals surface area (Å²) in [5.41, 5.74) is 1.58. The molecule has 0 saturated heterocycles. The fraction of sp³-hybridized carbons (Fsp3) is 0.333. The lowest BCUT2D eigenvalue weighted by Crippen LogP contribution is -2.18. The van der Waals surface area contributed by atoms with Crippen LogP contribution in [0.25, 0.3) is 0 Å². The van der Waals surface area contributed by atoms with Crippen LogP contribution in [0, 0.1) is 0 Å². The second-order valence-corrected chi connectivity index (χ2v) is 3.66. The molecule has 1 aromatic rings. The molecule has 0 aromatic heterocycles. The average molecular weight is 220 g/mol. The van der Waals surface area contributed by atoms with Crippen LogP contribution in [0.15, 0.2) is 18.2 Å². The molecule has 0 aliphatic heterocycles. The van der Waals surface area contributed by atoms with Gasteiger partial charge in [-0.2, -0.15) is 0 Å². The quantitative estimate of drug-likeness (QED) is 0.552. The molecule has 0 bridgehead atoms. The first-order valence-corrected chi connectivity index (χ1v) is 4.94. The topological polar surface area (TPSA) is 52.6 Å². The molecule has 16 heavy (non-hydrogen) atoms. The molecule has 0 radical (unpaired) electrons. The van der Waals surface area contributed by atoms with Crippen molar-refractivity contribution in [3.05, 3.63) is 29.3 Å². The zero-order valence-electron chi connectivity index (χ0n) is 9.15. The molecule has 0 heterocycles. The van der Waals surface area contributed by atoms with E-state index in [1.807, 2.05) is 0 Å². The molecule has 4 nitrogen and oxygen atoms in total. The smallest absolute Gasteiger partial charge is 0.320 e. The van der Waals surface area contributed by atoms with Crippen molar-refractivity contribution in [1.29, 1.82) is 0 Å². The lowest BCUT2D eigenvalue weighted by atomic mass is 10.0. The molecular weight excluding hydrogens is 208 g/mol. The van der Waals surface area contributed by atoms with Gasteiger partial charge in [-0.3, -0.25) is 9.59 Å². The van der Waals surface area contributed by atoms with Gasteiger partial charge in [0.1, 0.15) is 11.7 Å². The largest absolute Gasteiger partial charge is 0.497 e. The molecule has 1 atom stereocenters. The van der Waals surface area contributed by atoms with E-state index in [0.717, 1.165) is 11.1 Å². The maximum Gasteiger partial charge on any atom is 0.320 e. The predicted octanol–water partition coefficient (Wildman–Crippen LogP) is 1.08. The minimum atomic E-state index is -0.758. The molecule has 1 aromatic carbocycles. The van der Waals surface area contributed by atoms with Gasteiger partial charge in [0.15, 0.2) is 5.78 Å². The summed E-state index contributed by atoms with van der Waals surface area (Å²) in [6.45, 7) is 0. The first kappa shape index (κ1) is 10.7. The Morgan fingerprint density at radius 2 is 2.12 bits per heavy atom. The number of hydrogen-bond acceptors (Lipinski definition) is 4. The Morgan fingerprint density at radius 1 is 1.38 bits per heavy atom. The highest BCUT2D eigenvalue weighted by atomic mass is 16.5. The molecule has 0 amide bonds. The standard InChI is InChI=1S/C12H12O4/c1-15-8-3-4-9-7(5-8)6-10(13)11(9)12(14)16-2/h3-5,11H,6H2,1-2H3. The summed E-state index contributed by atoms with van der Waals surface area (Å²) in [4.78, 5) is 23.2. The molecule has 2 rings (SSSR count). The maximum absolute atomic E-state index is 11.7. The summed E-state index contributed by atoms with van der Waals surface area (Å²) in [5.74, 6) is -0.674. The van der Waals surface area contributed by atoms with Gasteiger partial charge in [0.25, 0.3) is 0 Å². The minimum Gasteiger partial charge on any atom is -0.497 e. The first-order valence-electron chi connectivity index (χ1n) is 4.94. The van der Waals surface area contributed by atoms with Crippen molar-refractivity contribution < 1.29 is 19.1 Å². The van der Waals surface area contributed by atoms with Crippen molar-refractivity contribution in [2.24, 2.45) is 0 Å². The number of ketones is 1. The molecular formula is C12H12O4. The van der Waals surface area contributed by atoms with Crippen molar-refractivity contribution >= 4 is 11.8 Å². The van der Waals surface area contributed by atoms with E-state index in [-0.39, 0.29) is 12.2 Å². The Labute approximate surface area is 93.2 Å². The molecule has 1 aliphatic carbocycles. The lowest BCUT2D eigenvalue weighted by molar-refractivity contribution is -0.145. The number of fused-ring (bicyclic) bond motifs is 1. The SMILES string of the molecule is COC(=O)C1C(=O)Cc2cc(OC)ccc21. The van der Waals surface area contributed by atoms with Crippen molar-refractivity contribution in [3.63, 3.8) is 0 Å². The van der Waals surface area contributed by atoms with Crippen LogP contribution < -0.4 is 4.74 Å². The van der Waals surface area contributed by atoms with Gasteiger partial charge in [-0.25, -0.2) is 0 Å². The van der Waals surface area contributed by atoms with Gasteiger partial charge in [-0.05, 0) is 23.3 Å². The van der Waals surface area contributed by atoms with Crippen LogP contribution in [-0.4, -0.2) is 26.0 Å². The Kier molecular flexibility index (Phi) is 2.64. The number of carbonyl (C=O) groups excluding carboxylic acids is 2. The van der Waals surface area contributed by atoms with E-state index in [1.54, 1.807) is 25.3 Å². The third kappa shape index (κ3) is 1.56. The van der Waals surface area contributed by atoms with E-state index in [1.165, 1.54) is 7.11 Å². The Hall–Kier alpha value is -1.84. The van der Waals surface area contributed by atoms with Crippen molar-refractivity contribution in [2.75, 3.05) is 14.2 Å². The maximum atomic E-state index is 11.7. The van der Waals surface area contributed by atoms with Crippen molar-refractivity contribution in [1.82, 2.24) is 0 Å². The number of hydrogen-bond donors (Lipinski definition) is 0. The third-order valence-electron chi connectivity index (χ3n) is 2.78. The van der Waals surface area contributed by atoms with Gasteiger partial charge in [0.2, 0.25) is 0 Å². The Bertz CT molecular complexity index is 450. The molecule has 1 aliphatic rings. The van der Waals surface area contributed by atoms with E-state index < -0.39 is 11.9 Å². The van der Waals surface area contributed by atoms with E-state index in [0.29, 0.717) is 5.75 Å². The second kappa shape index (κ2) is 3.96. The van der Waals surface area contributed by atoms with E-state index in [2.05, 4.69) is 4.74 Å². The highest BCUT2D eigenvalue weighted by molar-refractivity contribution is 6.08. The zero-order chi connectivity index (χ0) is 11.7. The minimum absolute atomic E-state index is 0.116. The van der Waals surface area contributed by atoms with E-state index >= 15 is 0 Å². The summed E-state index contributed by atoms with van der Waals surface area (Å²) in [7, 11) is 2.85. The van der Waals surface area contributed by atoms with E-state index in [4.69, 9.17) is 4.74 Å². The molecule has 0 saturated carbocycles. The third-order valence-corrected chi connectivity index (χ3v) is 2.78. The molecule has 4 heteroatoms. The average Bonchev–Trinajstić information content (AvgIpc) is 2.62. The van der Waals surface area contributed by atoms with Gasteiger partial charge >= 0.3 is 5.97 Å². The van der Waals surface area contributed by atoms with Gasteiger partial charge in [-0.1, -0.05) is 6.07 Å². The number of methoxy groups -OCH3 is 2. The fourth-order valence-electron chi connectivity index (χ4n) is 1.98. The van der Waals surface area contributed by atoms with Gasteiger partial charge in [-0.15, -0.1) is 0 Å². The molecule has 0 spiro atoms. The highest BCUT2D eigenvalue weighted by Crippen LogP contribution is 2.33. The molecule has 1 unspecified atom stereocenters. The number of esters is 1. The second-order valence-electron chi connectivity index (χ2n) is 3.66. The summed E-state index contributed by atoms with van der Waals surface area (Å²) in [6, 6.07) is 5.28. The van der Waals surface area contributed by atoms with Crippen LogP contribution in [0.2, 0.25) is 0 Å². The zero-order valence-corrected chi connectivity index (χ0v) is 9.15. The predicted molar refractivity (Wildman–Crippen MR) is 56.5 cm³/mol. The van der Waals surface area contributed by atoms with Crippen molar-refractivity contribution in [3.8, 4) is 5.75 Å². The van der Waals surface area contributed by atoms with Gasteiger partial charge in [0.05, 0.1) is 14.2 Å². The summed E-state index contributed by atoms with van der Waals surface area (Å²) in [5, 5.41) is 0. The number of carbonyl (C=O) groups is 2.